The molecule has 0 saturated heterocycles. The second-order valence-corrected chi connectivity index (χ2v) is 8.21. The summed E-state index contributed by atoms with van der Waals surface area (Å²) in [6.45, 7) is 8.99. The average molecular weight is 427 g/mol. The maximum Gasteiger partial charge on any atom is 0.238 e. The van der Waals surface area contributed by atoms with Crippen LogP contribution in [0.2, 0.25) is 0 Å². The Bertz CT molecular complexity index is 1230. The summed E-state index contributed by atoms with van der Waals surface area (Å²) in [5.74, 6) is -0.0851. The van der Waals surface area contributed by atoms with E-state index in [1.54, 1.807) is 10.9 Å². The molecule has 0 aliphatic carbocycles. The third kappa shape index (κ3) is 3.97. The first-order valence-corrected chi connectivity index (χ1v) is 9.99. The summed E-state index contributed by atoms with van der Waals surface area (Å²) in [6.07, 6.45) is 3.94. The van der Waals surface area contributed by atoms with Crippen molar-refractivity contribution in [2.75, 3.05) is 0 Å². The van der Waals surface area contributed by atoms with E-state index in [9.17, 15) is 8.78 Å². The SMILES string of the molecule is CCCn1ncnc1COc1nn2c(-c3cc(F)ccc3F)nncc2c1C(C)(C)C. The Hall–Kier alpha value is -3.43. The lowest BCUT2D eigenvalue weighted by atomic mass is 9.88. The molecular weight excluding hydrogens is 404 g/mol. The van der Waals surface area contributed by atoms with Crippen molar-refractivity contribution in [3.63, 3.8) is 0 Å². The second-order valence-electron chi connectivity index (χ2n) is 8.21. The van der Waals surface area contributed by atoms with Crippen LogP contribution in [0.5, 0.6) is 5.88 Å². The van der Waals surface area contributed by atoms with E-state index in [-0.39, 0.29) is 23.4 Å². The van der Waals surface area contributed by atoms with Crippen LogP contribution in [0.25, 0.3) is 16.9 Å². The molecular formula is C21H23F2N7O. The van der Waals surface area contributed by atoms with Gasteiger partial charge in [-0.25, -0.2) is 23.0 Å². The van der Waals surface area contributed by atoms with Gasteiger partial charge in [-0.15, -0.1) is 10.2 Å². The third-order valence-corrected chi connectivity index (χ3v) is 4.81. The first-order valence-electron chi connectivity index (χ1n) is 9.99. The molecule has 8 nitrogen and oxygen atoms in total. The minimum absolute atomic E-state index is 0.0321. The standard InChI is InChI=1S/C21H23F2N7O/c1-5-8-29-17(24-12-26-29)11-31-20-18(21(2,3)4)16-10-25-27-19(30(16)28-20)14-9-13(22)6-7-15(14)23/h6-7,9-10,12H,5,8,11H2,1-4H3. The van der Waals surface area contributed by atoms with E-state index in [1.807, 2.05) is 20.8 Å². The molecule has 0 bridgehead atoms. The van der Waals surface area contributed by atoms with Crippen molar-refractivity contribution in [2.24, 2.45) is 0 Å². The minimum Gasteiger partial charge on any atom is -0.468 e. The van der Waals surface area contributed by atoms with E-state index in [0.717, 1.165) is 36.7 Å². The molecule has 0 aliphatic heterocycles. The predicted octanol–water partition coefficient (Wildman–Crippen LogP) is 3.95. The predicted molar refractivity (Wildman–Crippen MR) is 109 cm³/mol. The highest BCUT2D eigenvalue weighted by atomic mass is 19.1. The Labute approximate surface area is 177 Å². The highest BCUT2D eigenvalue weighted by Gasteiger charge is 2.28. The maximum absolute atomic E-state index is 14.5. The summed E-state index contributed by atoms with van der Waals surface area (Å²) in [5, 5.41) is 16.8. The van der Waals surface area contributed by atoms with Crippen molar-refractivity contribution in [2.45, 2.75) is 52.7 Å². The number of fused-ring (bicyclic) bond motifs is 1. The van der Waals surface area contributed by atoms with Gasteiger partial charge in [-0.1, -0.05) is 27.7 Å². The molecule has 4 aromatic rings. The van der Waals surface area contributed by atoms with E-state index in [1.165, 1.54) is 10.8 Å². The summed E-state index contributed by atoms with van der Waals surface area (Å²) in [5.41, 5.74) is 0.984. The molecule has 1 aromatic carbocycles. The molecule has 0 atom stereocenters. The zero-order valence-corrected chi connectivity index (χ0v) is 17.8. The molecule has 0 fully saturated rings. The zero-order chi connectivity index (χ0) is 22.2. The molecule has 3 aromatic heterocycles. The van der Waals surface area contributed by atoms with Crippen LogP contribution in [0, 0.1) is 11.6 Å². The lowest BCUT2D eigenvalue weighted by molar-refractivity contribution is 0.267. The van der Waals surface area contributed by atoms with E-state index in [2.05, 4.69) is 32.3 Å². The van der Waals surface area contributed by atoms with Gasteiger partial charge in [0.05, 0.1) is 17.3 Å². The average Bonchev–Trinajstić information content (AvgIpc) is 3.32. The molecule has 4 rings (SSSR count). The Balaban J connectivity index is 1.82. The number of rotatable bonds is 6. The Morgan fingerprint density at radius 1 is 1.16 bits per heavy atom. The Morgan fingerprint density at radius 3 is 2.71 bits per heavy atom. The van der Waals surface area contributed by atoms with Crippen LogP contribution in [-0.2, 0) is 18.6 Å². The fraction of sp³-hybridized carbons (Fsp3) is 0.381. The molecule has 3 heterocycles. The van der Waals surface area contributed by atoms with Gasteiger partial charge >= 0.3 is 0 Å². The maximum atomic E-state index is 14.5. The normalized spacial score (nSPS) is 11.9. The third-order valence-electron chi connectivity index (χ3n) is 4.81. The summed E-state index contributed by atoms with van der Waals surface area (Å²) in [6, 6.07) is 3.18. The van der Waals surface area contributed by atoms with Gasteiger partial charge in [0.25, 0.3) is 0 Å². The fourth-order valence-electron chi connectivity index (χ4n) is 3.45. The number of benzene rings is 1. The number of aromatic nitrogens is 7. The van der Waals surface area contributed by atoms with Gasteiger partial charge in [0.2, 0.25) is 5.88 Å². The van der Waals surface area contributed by atoms with Gasteiger partial charge in [0.1, 0.15) is 24.6 Å². The van der Waals surface area contributed by atoms with Crippen molar-refractivity contribution in [3.8, 4) is 17.3 Å². The lowest BCUT2D eigenvalue weighted by Gasteiger charge is -2.19. The molecule has 0 N–H and O–H groups in total. The highest BCUT2D eigenvalue weighted by Crippen LogP contribution is 2.36. The largest absolute Gasteiger partial charge is 0.468 e. The van der Waals surface area contributed by atoms with Gasteiger partial charge in [-0.05, 0) is 30.0 Å². The zero-order valence-electron chi connectivity index (χ0n) is 17.8. The Kier molecular flexibility index (Phi) is 5.38. The number of hydrogen-bond acceptors (Lipinski definition) is 6. The van der Waals surface area contributed by atoms with Crippen LogP contribution in [-0.4, -0.2) is 34.6 Å². The summed E-state index contributed by atoms with van der Waals surface area (Å²) in [4.78, 5) is 4.26. The van der Waals surface area contributed by atoms with Crippen LogP contribution >= 0.6 is 0 Å². The number of aryl methyl sites for hydroxylation is 1. The van der Waals surface area contributed by atoms with Crippen LogP contribution in [0.4, 0.5) is 8.78 Å². The summed E-state index contributed by atoms with van der Waals surface area (Å²) >= 11 is 0. The van der Waals surface area contributed by atoms with Crippen LogP contribution in [0.3, 0.4) is 0 Å². The van der Waals surface area contributed by atoms with Crippen LogP contribution in [0.1, 0.15) is 45.5 Å². The van der Waals surface area contributed by atoms with E-state index < -0.39 is 11.6 Å². The van der Waals surface area contributed by atoms with Crippen molar-refractivity contribution in [1.29, 1.82) is 0 Å². The van der Waals surface area contributed by atoms with Crippen molar-refractivity contribution in [1.82, 2.24) is 34.6 Å². The molecule has 0 unspecified atom stereocenters. The first kappa shape index (κ1) is 20.8. The van der Waals surface area contributed by atoms with Crippen molar-refractivity contribution < 1.29 is 13.5 Å². The van der Waals surface area contributed by atoms with Gasteiger partial charge < -0.3 is 4.74 Å². The van der Waals surface area contributed by atoms with Crippen molar-refractivity contribution >= 4 is 5.52 Å². The van der Waals surface area contributed by atoms with Gasteiger partial charge in [-0.2, -0.15) is 10.2 Å². The number of halogens is 2. The topological polar surface area (TPSA) is 83.0 Å². The molecule has 0 amide bonds. The van der Waals surface area contributed by atoms with Crippen LogP contribution in [0.15, 0.2) is 30.7 Å². The Morgan fingerprint density at radius 2 is 1.97 bits per heavy atom. The lowest BCUT2D eigenvalue weighted by Crippen LogP contribution is -2.14. The molecule has 162 valence electrons. The molecule has 0 spiro atoms. The number of ether oxygens (including phenoxy) is 1. The molecule has 0 saturated carbocycles. The number of hydrogen-bond donors (Lipinski definition) is 0. The van der Waals surface area contributed by atoms with Crippen molar-refractivity contribution in [3.05, 3.63) is 53.7 Å². The van der Waals surface area contributed by atoms with Gasteiger partial charge in [0.15, 0.2) is 11.6 Å². The smallest absolute Gasteiger partial charge is 0.238 e. The number of nitrogens with zero attached hydrogens (tertiary/aromatic N) is 7. The quantitative estimate of drug-likeness (QED) is 0.463. The molecule has 10 heteroatoms. The van der Waals surface area contributed by atoms with E-state index >= 15 is 0 Å². The summed E-state index contributed by atoms with van der Waals surface area (Å²) < 4.78 is 37.5. The van der Waals surface area contributed by atoms with Crippen LogP contribution < -0.4 is 4.74 Å². The van der Waals surface area contributed by atoms with Gasteiger partial charge in [0, 0.05) is 12.1 Å². The second kappa shape index (κ2) is 8.01. The fourth-order valence-corrected chi connectivity index (χ4v) is 3.45. The highest BCUT2D eigenvalue weighted by molar-refractivity contribution is 5.66. The minimum atomic E-state index is -0.619. The van der Waals surface area contributed by atoms with Gasteiger partial charge in [-0.3, -0.25) is 0 Å². The molecule has 0 radical (unpaired) electrons. The summed E-state index contributed by atoms with van der Waals surface area (Å²) in [7, 11) is 0. The molecule has 0 aliphatic rings. The monoisotopic (exact) mass is 427 g/mol. The van der Waals surface area contributed by atoms with E-state index in [4.69, 9.17) is 4.74 Å². The van der Waals surface area contributed by atoms with E-state index in [0.29, 0.717) is 17.2 Å². The first-order chi connectivity index (χ1) is 14.8. The molecule has 31 heavy (non-hydrogen) atoms.